The van der Waals surface area contributed by atoms with Crippen LogP contribution < -0.4 is 4.74 Å². The highest BCUT2D eigenvalue weighted by Gasteiger charge is 2.21. The average molecular weight is 254 g/mol. The Morgan fingerprint density at radius 3 is 2.86 bits per heavy atom. The Hall–Kier alpha value is -1.05. The van der Waals surface area contributed by atoms with E-state index in [0.717, 1.165) is 4.47 Å². The van der Waals surface area contributed by atoms with E-state index in [0.29, 0.717) is 24.5 Å². The summed E-state index contributed by atoms with van der Waals surface area (Å²) >= 11 is 3.30. The molecule has 0 amide bonds. The molecule has 0 aliphatic carbocycles. The Balaban J connectivity index is 2.23. The molecule has 4 heteroatoms. The van der Waals surface area contributed by atoms with Crippen LogP contribution in [0.15, 0.2) is 22.7 Å². The summed E-state index contributed by atoms with van der Waals surface area (Å²) in [4.78, 5) is 0. The number of benzene rings is 1. The van der Waals surface area contributed by atoms with Gasteiger partial charge in [0.15, 0.2) is 0 Å². The minimum absolute atomic E-state index is 0.0939. The first kappa shape index (κ1) is 9.50. The lowest BCUT2D eigenvalue weighted by molar-refractivity contribution is -0.0798. The fourth-order valence-electron chi connectivity index (χ4n) is 1.17. The van der Waals surface area contributed by atoms with Crippen LogP contribution in [-0.2, 0) is 4.74 Å². The third-order valence-corrected chi connectivity index (χ3v) is 2.65. The topological polar surface area (TPSA) is 42.2 Å². The molecular weight excluding hydrogens is 246 g/mol. The van der Waals surface area contributed by atoms with Crippen molar-refractivity contribution in [1.82, 2.24) is 0 Å². The van der Waals surface area contributed by atoms with Crippen molar-refractivity contribution in [3.8, 4) is 11.8 Å². The monoisotopic (exact) mass is 253 g/mol. The maximum Gasteiger partial charge on any atom is 0.145 e. The van der Waals surface area contributed by atoms with Gasteiger partial charge in [0, 0.05) is 4.47 Å². The van der Waals surface area contributed by atoms with Crippen LogP contribution in [0.1, 0.15) is 5.56 Å². The second-order valence-electron chi connectivity index (χ2n) is 3.00. The lowest BCUT2D eigenvalue weighted by Gasteiger charge is -2.27. The minimum atomic E-state index is 0.0939. The van der Waals surface area contributed by atoms with E-state index in [9.17, 15) is 0 Å². The fraction of sp³-hybridized carbons (Fsp3) is 0.300. The molecule has 2 rings (SSSR count). The summed E-state index contributed by atoms with van der Waals surface area (Å²) < 4.78 is 11.3. The van der Waals surface area contributed by atoms with Gasteiger partial charge in [-0.15, -0.1) is 0 Å². The zero-order valence-electron chi connectivity index (χ0n) is 7.37. The smallest absolute Gasteiger partial charge is 0.145 e. The van der Waals surface area contributed by atoms with Crippen LogP contribution in [0.4, 0.5) is 0 Å². The number of nitrogens with zero attached hydrogens (tertiary/aromatic N) is 1. The Kier molecular flexibility index (Phi) is 2.71. The van der Waals surface area contributed by atoms with Crippen molar-refractivity contribution in [1.29, 1.82) is 5.26 Å². The van der Waals surface area contributed by atoms with Crippen LogP contribution >= 0.6 is 15.9 Å². The maximum atomic E-state index is 8.91. The molecule has 0 N–H and O–H groups in total. The van der Waals surface area contributed by atoms with Gasteiger partial charge >= 0.3 is 0 Å². The van der Waals surface area contributed by atoms with Gasteiger partial charge in [0.2, 0.25) is 0 Å². The molecule has 1 heterocycles. The third-order valence-electron chi connectivity index (χ3n) is 1.99. The fourth-order valence-corrected chi connectivity index (χ4v) is 1.61. The molecule has 0 radical (unpaired) electrons. The van der Waals surface area contributed by atoms with Crippen molar-refractivity contribution in [3.63, 3.8) is 0 Å². The van der Waals surface area contributed by atoms with Gasteiger partial charge in [-0.05, 0) is 28.1 Å². The molecule has 14 heavy (non-hydrogen) atoms. The molecule has 1 aromatic rings. The Labute approximate surface area is 90.4 Å². The minimum Gasteiger partial charge on any atom is -0.484 e. The summed E-state index contributed by atoms with van der Waals surface area (Å²) in [5, 5.41) is 8.91. The van der Waals surface area contributed by atoms with E-state index in [-0.39, 0.29) is 6.10 Å². The van der Waals surface area contributed by atoms with Crippen LogP contribution in [0.3, 0.4) is 0 Å². The third kappa shape index (κ3) is 1.74. The lowest BCUT2D eigenvalue weighted by atomic mass is 10.2. The molecular formula is C10H8BrNO2. The Bertz CT molecular complexity index is 382. The number of nitriles is 1. The Morgan fingerprint density at radius 2 is 2.29 bits per heavy atom. The van der Waals surface area contributed by atoms with Crippen LogP contribution in [0.25, 0.3) is 0 Å². The number of hydrogen-bond donors (Lipinski definition) is 0. The molecule has 3 nitrogen and oxygen atoms in total. The van der Waals surface area contributed by atoms with Crippen molar-refractivity contribution in [2.24, 2.45) is 0 Å². The van der Waals surface area contributed by atoms with Crippen molar-refractivity contribution in [2.75, 3.05) is 13.2 Å². The number of ether oxygens (including phenoxy) is 2. The SMILES string of the molecule is N#Cc1c(Br)cccc1OC1COC1. The van der Waals surface area contributed by atoms with Crippen LogP contribution in [-0.4, -0.2) is 19.3 Å². The average Bonchev–Trinajstić information content (AvgIpc) is 2.11. The standard InChI is InChI=1S/C10H8BrNO2/c11-9-2-1-3-10(8(9)4-12)14-7-5-13-6-7/h1-3,7H,5-6H2. The zero-order chi connectivity index (χ0) is 9.97. The van der Waals surface area contributed by atoms with E-state index in [1.54, 1.807) is 6.07 Å². The molecule has 1 aromatic carbocycles. The van der Waals surface area contributed by atoms with Crippen molar-refractivity contribution >= 4 is 15.9 Å². The quantitative estimate of drug-likeness (QED) is 0.811. The summed E-state index contributed by atoms with van der Waals surface area (Å²) in [6.45, 7) is 1.22. The molecule has 0 bridgehead atoms. The van der Waals surface area contributed by atoms with E-state index in [4.69, 9.17) is 14.7 Å². The van der Waals surface area contributed by atoms with Gasteiger partial charge in [0.25, 0.3) is 0 Å². The van der Waals surface area contributed by atoms with E-state index in [1.807, 2.05) is 12.1 Å². The molecule has 0 aromatic heterocycles. The zero-order valence-corrected chi connectivity index (χ0v) is 8.95. The van der Waals surface area contributed by atoms with Gasteiger partial charge in [0.1, 0.15) is 23.5 Å². The van der Waals surface area contributed by atoms with E-state index in [1.165, 1.54) is 0 Å². The highest BCUT2D eigenvalue weighted by atomic mass is 79.9. The van der Waals surface area contributed by atoms with Gasteiger partial charge in [-0.1, -0.05) is 6.07 Å². The Morgan fingerprint density at radius 1 is 1.50 bits per heavy atom. The largest absolute Gasteiger partial charge is 0.484 e. The summed E-state index contributed by atoms with van der Waals surface area (Å²) in [5.74, 6) is 0.621. The highest BCUT2D eigenvalue weighted by Crippen LogP contribution is 2.27. The molecule has 0 atom stereocenters. The van der Waals surface area contributed by atoms with E-state index < -0.39 is 0 Å². The maximum absolute atomic E-state index is 8.91. The van der Waals surface area contributed by atoms with Gasteiger partial charge < -0.3 is 9.47 Å². The van der Waals surface area contributed by atoms with E-state index >= 15 is 0 Å². The summed E-state index contributed by atoms with van der Waals surface area (Å²) in [6, 6.07) is 7.57. The van der Waals surface area contributed by atoms with Gasteiger partial charge in [0.05, 0.1) is 13.2 Å². The first-order valence-electron chi connectivity index (χ1n) is 4.24. The summed E-state index contributed by atoms with van der Waals surface area (Å²) in [5.41, 5.74) is 0.541. The van der Waals surface area contributed by atoms with Crippen LogP contribution in [0.2, 0.25) is 0 Å². The number of hydrogen-bond acceptors (Lipinski definition) is 3. The molecule has 72 valence electrons. The number of rotatable bonds is 2. The van der Waals surface area contributed by atoms with Crippen molar-refractivity contribution < 1.29 is 9.47 Å². The lowest BCUT2D eigenvalue weighted by Crippen LogP contribution is -2.38. The predicted molar refractivity (Wildman–Crippen MR) is 54.1 cm³/mol. The van der Waals surface area contributed by atoms with Gasteiger partial charge in [-0.25, -0.2) is 0 Å². The molecule has 1 fully saturated rings. The highest BCUT2D eigenvalue weighted by molar-refractivity contribution is 9.10. The second-order valence-corrected chi connectivity index (χ2v) is 3.86. The second kappa shape index (κ2) is 3.99. The van der Waals surface area contributed by atoms with Crippen molar-refractivity contribution in [2.45, 2.75) is 6.10 Å². The van der Waals surface area contributed by atoms with Crippen LogP contribution in [0, 0.1) is 11.3 Å². The molecule has 1 aliphatic rings. The summed E-state index contributed by atoms with van der Waals surface area (Å²) in [7, 11) is 0. The van der Waals surface area contributed by atoms with Crippen LogP contribution in [0.5, 0.6) is 5.75 Å². The van der Waals surface area contributed by atoms with Gasteiger partial charge in [-0.3, -0.25) is 0 Å². The molecule has 1 saturated heterocycles. The first-order chi connectivity index (χ1) is 6.81. The number of halogens is 1. The first-order valence-corrected chi connectivity index (χ1v) is 5.03. The van der Waals surface area contributed by atoms with Gasteiger partial charge in [-0.2, -0.15) is 5.26 Å². The van der Waals surface area contributed by atoms with Crippen molar-refractivity contribution in [3.05, 3.63) is 28.2 Å². The molecule has 0 unspecified atom stereocenters. The normalized spacial score (nSPS) is 15.7. The molecule has 0 spiro atoms. The molecule has 0 saturated carbocycles. The summed E-state index contributed by atoms with van der Waals surface area (Å²) in [6.07, 6.45) is 0.0939. The predicted octanol–water partition coefficient (Wildman–Crippen LogP) is 2.10. The molecule has 1 aliphatic heterocycles. The van der Waals surface area contributed by atoms with E-state index in [2.05, 4.69) is 22.0 Å².